The smallest absolute Gasteiger partial charge is 0.312 e. The molecule has 1 aliphatic heterocycles. The fourth-order valence-electron chi connectivity index (χ4n) is 3.77. The molecule has 5 rings (SSSR count). The standard InChI is InChI=1S/C22H14O9/c23-11-4-3-9(6-12(11)24)21-20(28)19(27)18-13(25)8-15-17(22(18)31-21)10(7-16(26)30-15)14-2-1-5-29-14/h1-6,8,10,23-25,28H,7H2/t10-/m0/s1. The van der Waals surface area contributed by atoms with Crippen molar-refractivity contribution in [1.29, 1.82) is 0 Å². The molecule has 9 heteroatoms. The van der Waals surface area contributed by atoms with Gasteiger partial charge in [0, 0.05) is 17.2 Å². The lowest BCUT2D eigenvalue weighted by Crippen LogP contribution is -2.21. The number of carbonyl (C=O) groups excluding carboxylic acids is 1. The van der Waals surface area contributed by atoms with Gasteiger partial charge < -0.3 is 34.0 Å². The predicted octanol–water partition coefficient (Wildman–Crippen LogP) is 3.32. The van der Waals surface area contributed by atoms with Crippen LogP contribution in [0.5, 0.6) is 28.7 Å². The molecule has 2 aromatic carbocycles. The molecule has 0 unspecified atom stereocenters. The zero-order valence-electron chi connectivity index (χ0n) is 15.7. The van der Waals surface area contributed by atoms with E-state index in [2.05, 4.69) is 0 Å². The molecular formula is C22H14O9. The van der Waals surface area contributed by atoms with Crippen molar-refractivity contribution < 1.29 is 38.8 Å². The van der Waals surface area contributed by atoms with Gasteiger partial charge in [-0.1, -0.05) is 0 Å². The summed E-state index contributed by atoms with van der Waals surface area (Å²) in [4.78, 5) is 25.1. The Hall–Kier alpha value is -4.40. The molecule has 1 atom stereocenters. The molecule has 0 saturated carbocycles. The molecule has 0 fully saturated rings. The van der Waals surface area contributed by atoms with Crippen LogP contribution < -0.4 is 10.2 Å². The first-order valence-electron chi connectivity index (χ1n) is 9.17. The molecule has 4 aromatic rings. The van der Waals surface area contributed by atoms with Crippen LogP contribution in [0, 0.1) is 0 Å². The number of aromatic hydroxyl groups is 4. The van der Waals surface area contributed by atoms with Crippen LogP contribution >= 0.6 is 0 Å². The highest BCUT2D eigenvalue weighted by molar-refractivity contribution is 5.94. The Morgan fingerprint density at radius 1 is 0.935 bits per heavy atom. The zero-order chi connectivity index (χ0) is 21.9. The number of furan rings is 1. The van der Waals surface area contributed by atoms with Crippen molar-refractivity contribution in [2.75, 3.05) is 0 Å². The summed E-state index contributed by atoms with van der Waals surface area (Å²) in [5.41, 5.74) is -0.622. The van der Waals surface area contributed by atoms with Gasteiger partial charge in [0.15, 0.2) is 17.3 Å². The lowest BCUT2D eigenvalue weighted by Gasteiger charge is -2.24. The molecule has 3 heterocycles. The SMILES string of the molecule is O=C1C[C@@H](c2ccco2)c2c(cc(O)c3c(=O)c(O)c(-c4ccc(O)c(O)c4)oc23)O1. The largest absolute Gasteiger partial charge is 0.507 e. The third kappa shape index (κ3) is 2.78. The zero-order valence-corrected chi connectivity index (χ0v) is 15.7. The third-order valence-corrected chi connectivity index (χ3v) is 5.19. The van der Waals surface area contributed by atoms with Crippen molar-refractivity contribution in [2.45, 2.75) is 12.3 Å². The topological polar surface area (TPSA) is 151 Å². The molecule has 0 spiro atoms. The number of esters is 1. The van der Waals surface area contributed by atoms with Crippen LogP contribution in [0.1, 0.15) is 23.7 Å². The summed E-state index contributed by atoms with van der Waals surface area (Å²) in [7, 11) is 0. The van der Waals surface area contributed by atoms with E-state index >= 15 is 0 Å². The summed E-state index contributed by atoms with van der Waals surface area (Å²) < 4.78 is 16.6. The van der Waals surface area contributed by atoms with Gasteiger partial charge in [0.05, 0.1) is 18.6 Å². The number of phenols is 3. The summed E-state index contributed by atoms with van der Waals surface area (Å²) in [6.45, 7) is 0. The van der Waals surface area contributed by atoms with E-state index in [0.717, 1.165) is 12.1 Å². The maximum atomic E-state index is 12.9. The fraction of sp³-hybridized carbons (Fsp3) is 0.0909. The summed E-state index contributed by atoms with van der Waals surface area (Å²) in [6, 6.07) is 8.02. The number of phenolic OH excluding ortho intramolecular Hbond substituents is 3. The van der Waals surface area contributed by atoms with Crippen molar-refractivity contribution in [1.82, 2.24) is 0 Å². The Kier molecular flexibility index (Phi) is 3.94. The summed E-state index contributed by atoms with van der Waals surface area (Å²) in [5, 5.41) is 39.9. The normalized spacial score (nSPS) is 15.6. The molecule has 1 aliphatic rings. The Morgan fingerprint density at radius 3 is 2.45 bits per heavy atom. The van der Waals surface area contributed by atoms with Gasteiger partial charge in [0.1, 0.15) is 28.2 Å². The van der Waals surface area contributed by atoms with Gasteiger partial charge in [-0.25, -0.2) is 0 Å². The summed E-state index contributed by atoms with van der Waals surface area (Å²) in [6.07, 6.45) is 1.34. The van der Waals surface area contributed by atoms with Crippen molar-refractivity contribution in [3.05, 3.63) is 64.2 Å². The third-order valence-electron chi connectivity index (χ3n) is 5.19. The average Bonchev–Trinajstić information content (AvgIpc) is 3.26. The minimum Gasteiger partial charge on any atom is -0.507 e. The molecule has 156 valence electrons. The number of hydrogen-bond acceptors (Lipinski definition) is 9. The van der Waals surface area contributed by atoms with Gasteiger partial charge in [-0.3, -0.25) is 9.59 Å². The number of ether oxygens (including phenoxy) is 1. The second-order valence-electron chi connectivity index (χ2n) is 7.07. The number of fused-ring (bicyclic) bond motifs is 3. The number of hydrogen-bond donors (Lipinski definition) is 4. The van der Waals surface area contributed by atoms with Gasteiger partial charge in [-0.15, -0.1) is 0 Å². The van der Waals surface area contributed by atoms with Gasteiger partial charge in [-0.05, 0) is 30.3 Å². The second-order valence-corrected chi connectivity index (χ2v) is 7.07. The van der Waals surface area contributed by atoms with Gasteiger partial charge >= 0.3 is 5.97 Å². The molecular weight excluding hydrogens is 408 g/mol. The van der Waals surface area contributed by atoms with Crippen LogP contribution in [0.2, 0.25) is 0 Å². The molecule has 4 N–H and O–H groups in total. The van der Waals surface area contributed by atoms with Gasteiger partial charge in [-0.2, -0.15) is 0 Å². The quantitative estimate of drug-likeness (QED) is 0.217. The van der Waals surface area contributed by atoms with Crippen molar-refractivity contribution >= 4 is 16.9 Å². The Balaban J connectivity index is 1.87. The Bertz CT molecular complexity index is 1410. The molecule has 0 saturated heterocycles. The molecule has 2 aromatic heterocycles. The highest BCUT2D eigenvalue weighted by Gasteiger charge is 2.35. The number of benzene rings is 2. The highest BCUT2D eigenvalue weighted by atomic mass is 16.5. The summed E-state index contributed by atoms with van der Waals surface area (Å²) in [5.74, 6) is -3.32. The number of rotatable bonds is 2. The molecule has 31 heavy (non-hydrogen) atoms. The first kappa shape index (κ1) is 18.6. The van der Waals surface area contributed by atoms with Crippen molar-refractivity contribution in [2.24, 2.45) is 0 Å². The molecule has 9 nitrogen and oxygen atoms in total. The second kappa shape index (κ2) is 6.56. The molecule has 0 aliphatic carbocycles. The number of carbonyl (C=O) groups is 1. The van der Waals surface area contributed by atoms with E-state index in [4.69, 9.17) is 13.6 Å². The first-order chi connectivity index (χ1) is 14.8. The van der Waals surface area contributed by atoms with Crippen molar-refractivity contribution in [3.8, 4) is 40.1 Å². The molecule has 0 radical (unpaired) electrons. The maximum Gasteiger partial charge on any atom is 0.312 e. The van der Waals surface area contributed by atoms with Crippen LogP contribution in [0.4, 0.5) is 0 Å². The lowest BCUT2D eigenvalue weighted by atomic mass is 9.88. The molecule has 0 amide bonds. The lowest BCUT2D eigenvalue weighted by molar-refractivity contribution is -0.135. The Morgan fingerprint density at radius 2 is 1.74 bits per heavy atom. The van der Waals surface area contributed by atoms with Crippen LogP contribution in [0.25, 0.3) is 22.3 Å². The Labute approximate surface area is 173 Å². The van der Waals surface area contributed by atoms with E-state index in [1.807, 2.05) is 0 Å². The van der Waals surface area contributed by atoms with Gasteiger partial charge in [0.25, 0.3) is 0 Å². The minimum absolute atomic E-state index is 0.00371. The van der Waals surface area contributed by atoms with Gasteiger partial charge in [0.2, 0.25) is 11.2 Å². The van der Waals surface area contributed by atoms with Crippen molar-refractivity contribution in [3.63, 3.8) is 0 Å². The predicted molar refractivity (Wildman–Crippen MR) is 105 cm³/mol. The molecule has 0 bridgehead atoms. The van der Waals surface area contributed by atoms with Crippen LogP contribution in [0.15, 0.2) is 56.3 Å². The summed E-state index contributed by atoms with van der Waals surface area (Å²) >= 11 is 0. The maximum absolute atomic E-state index is 12.9. The minimum atomic E-state index is -0.917. The van der Waals surface area contributed by atoms with E-state index in [0.29, 0.717) is 11.3 Å². The van der Waals surface area contributed by atoms with E-state index in [9.17, 15) is 30.0 Å². The monoisotopic (exact) mass is 422 g/mol. The van der Waals surface area contributed by atoms with E-state index in [1.165, 1.54) is 18.4 Å². The van der Waals surface area contributed by atoms with Crippen LogP contribution in [-0.2, 0) is 4.79 Å². The van der Waals surface area contributed by atoms with E-state index < -0.39 is 40.3 Å². The fourth-order valence-corrected chi connectivity index (χ4v) is 3.77. The highest BCUT2D eigenvalue weighted by Crippen LogP contribution is 2.47. The van der Waals surface area contributed by atoms with E-state index in [1.54, 1.807) is 12.1 Å². The van der Waals surface area contributed by atoms with E-state index in [-0.39, 0.29) is 34.5 Å². The van der Waals surface area contributed by atoms with Crippen LogP contribution in [-0.4, -0.2) is 26.4 Å². The van der Waals surface area contributed by atoms with Crippen LogP contribution in [0.3, 0.4) is 0 Å². The average molecular weight is 422 g/mol. The first-order valence-corrected chi connectivity index (χ1v) is 9.17.